The van der Waals surface area contributed by atoms with Crippen molar-refractivity contribution in [3.8, 4) is 11.5 Å². The number of methoxy groups -OCH3 is 1. The fraction of sp³-hybridized carbons (Fsp3) is 0.588. The highest BCUT2D eigenvalue weighted by Crippen LogP contribution is 2.28. The Morgan fingerprint density at radius 2 is 2.13 bits per heavy atom. The van der Waals surface area contributed by atoms with Gasteiger partial charge in [0.05, 0.1) is 26.9 Å². The maximum atomic E-state index is 12.2. The first-order chi connectivity index (χ1) is 11.0. The summed E-state index contributed by atoms with van der Waals surface area (Å²) in [6, 6.07) is 5.57. The van der Waals surface area contributed by atoms with E-state index in [2.05, 4.69) is 12.2 Å². The molecule has 0 aromatic heterocycles. The molecule has 0 saturated carbocycles. The van der Waals surface area contributed by atoms with Crippen LogP contribution in [0.25, 0.3) is 0 Å². The Morgan fingerprint density at radius 3 is 2.70 bits per heavy atom. The molecule has 1 saturated heterocycles. The maximum Gasteiger partial charge on any atom is 0.317 e. The summed E-state index contributed by atoms with van der Waals surface area (Å²) in [7, 11) is 3.41. The van der Waals surface area contributed by atoms with Gasteiger partial charge in [0.15, 0.2) is 11.5 Å². The second-order valence-electron chi connectivity index (χ2n) is 6.24. The Kier molecular flexibility index (Phi) is 5.71. The summed E-state index contributed by atoms with van der Waals surface area (Å²) in [5.41, 5.74) is 1.04. The molecule has 1 aromatic carbocycles. The molecule has 0 spiro atoms. The van der Waals surface area contributed by atoms with Crippen molar-refractivity contribution in [2.45, 2.75) is 20.4 Å². The molecule has 6 nitrogen and oxygen atoms in total. The Labute approximate surface area is 137 Å². The van der Waals surface area contributed by atoms with Crippen molar-refractivity contribution in [1.29, 1.82) is 0 Å². The number of carbonyl (C=O) groups excluding carboxylic acids is 1. The fourth-order valence-corrected chi connectivity index (χ4v) is 2.60. The lowest BCUT2D eigenvalue weighted by Gasteiger charge is -2.40. The predicted molar refractivity (Wildman–Crippen MR) is 88.0 cm³/mol. The Bertz CT molecular complexity index is 543. The standard InChI is InChI=1S/C17H26N2O4/c1-5-23-15-8-13(6-7-14(15)21-4)9-18-16(20)19(3)10-17(2)11-22-12-17/h6-8H,5,9-12H2,1-4H3,(H,18,20). The number of nitrogens with zero attached hydrogens (tertiary/aromatic N) is 1. The summed E-state index contributed by atoms with van der Waals surface area (Å²) < 4.78 is 16.0. The molecule has 1 fully saturated rings. The van der Waals surface area contributed by atoms with Gasteiger partial charge in [0.1, 0.15) is 0 Å². The molecular formula is C17H26N2O4. The molecule has 0 unspecified atom stereocenters. The minimum atomic E-state index is -0.0908. The highest BCUT2D eigenvalue weighted by molar-refractivity contribution is 5.73. The van der Waals surface area contributed by atoms with Gasteiger partial charge in [-0.1, -0.05) is 13.0 Å². The smallest absolute Gasteiger partial charge is 0.317 e. The minimum Gasteiger partial charge on any atom is -0.493 e. The number of hydrogen-bond donors (Lipinski definition) is 1. The molecule has 1 aromatic rings. The van der Waals surface area contributed by atoms with E-state index in [1.165, 1.54) is 0 Å². The Balaban J connectivity index is 1.89. The van der Waals surface area contributed by atoms with Gasteiger partial charge in [0.25, 0.3) is 0 Å². The molecule has 2 amide bonds. The number of ether oxygens (including phenoxy) is 3. The number of carbonyl (C=O) groups is 1. The van der Waals surface area contributed by atoms with Crippen molar-refractivity contribution in [1.82, 2.24) is 10.2 Å². The van der Waals surface area contributed by atoms with E-state index in [0.717, 1.165) is 5.56 Å². The SMILES string of the molecule is CCOc1cc(CNC(=O)N(C)CC2(C)COC2)ccc1OC. The van der Waals surface area contributed by atoms with Gasteiger partial charge in [-0.15, -0.1) is 0 Å². The van der Waals surface area contributed by atoms with Gasteiger partial charge in [-0.2, -0.15) is 0 Å². The number of rotatable bonds is 7. The lowest BCUT2D eigenvalue weighted by Crippen LogP contribution is -2.51. The number of nitrogens with one attached hydrogen (secondary N) is 1. The van der Waals surface area contributed by atoms with Crippen molar-refractivity contribution in [3.63, 3.8) is 0 Å². The van der Waals surface area contributed by atoms with E-state index in [1.807, 2.05) is 25.1 Å². The van der Waals surface area contributed by atoms with E-state index in [-0.39, 0.29) is 11.4 Å². The van der Waals surface area contributed by atoms with E-state index in [4.69, 9.17) is 14.2 Å². The molecule has 1 N–H and O–H groups in total. The van der Waals surface area contributed by atoms with Crippen LogP contribution in [0.5, 0.6) is 11.5 Å². The molecule has 0 aliphatic carbocycles. The topological polar surface area (TPSA) is 60.0 Å². The molecule has 0 atom stereocenters. The van der Waals surface area contributed by atoms with Crippen molar-refractivity contribution < 1.29 is 19.0 Å². The molecule has 2 rings (SSSR count). The summed E-state index contributed by atoms with van der Waals surface area (Å²) in [6.45, 7) is 7.16. The Morgan fingerprint density at radius 1 is 1.39 bits per heavy atom. The van der Waals surface area contributed by atoms with E-state index in [0.29, 0.717) is 44.4 Å². The van der Waals surface area contributed by atoms with Gasteiger partial charge < -0.3 is 24.4 Å². The van der Waals surface area contributed by atoms with Crippen LogP contribution in [0.3, 0.4) is 0 Å². The molecule has 1 heterocycles. The van der Waals surface area contributed by atoms with Gasteiger partial charge in [-0.05, 0) is 24.6 Å². The summed E-state index contributed by atoms with van der Waals surface area (Å²) >= 11 is 0. The van der Waals surface area contributed by atoms with Crippen LogP contribution in [0.2, 0.25) is 0 Å². The van der Waals surface area contributed by atoms with Crippen LogP contribution in [-0.2, 0) is 11.3 Å². The van der Waals surface area contributed by atoms with Gasteiger partial charge >= 0.3 is 6.03 Å². The average Bonchev–Trinajstić information content (AvgIpc) is 2.51. The van der Waals surface area contributed by atoms with Gasteiger partial charge in [0, 0.05) is 25.6 Å². The molecule has 6 heteroatoms. The van der Waals surface area contributed by atoms with Crippen LogP contribution in [0.1, 0.15) is 19.4 Å². The maximum absolute atomic E-state index is 12.2. The zero-order valence-corrected chi connectivity index (χ0v) is 14.3. The van der Waals surface area contributed by atoms with E-state index in [9.17, 15) is 4.79 Å². The monoisotopic (exact) mass is 322 g/mol. The second kappa shape index (κ2) is 7.55. The van der Waals surface area contributed by atoms with Crippen LogP contribution >= 0.6 is 0 Å². The number of benzene rings is 1. The molecular weight excluding hydrogens is 296 g/mol. The van der Waals surface area contributed by atoms with E-state index in [1.54, 1.807) is 19.1 Å². The van der Waals surface area contributed by atoms with Crippen LogP contribution in [0.15, 0.2) is 18.2 Å². The van der Waals surface area contributed by atoms with Crippen LogP contribution in [0.4, 0.5) is 4.79 Å². The fourth-order valence-electron chi connectivity index (χ4n) is 2.60. The summed E-state index contributed by atoms with van der Waals surface area (Å²) in [5.74, 6) is 1.38. The Hall–Kier alpha value is -1.95. The average molecular weight is 322 g/mol. The van der Waals surface area contributed by atoms with Crippen molar-refractivity contribution in [2.75, 3.05) is 40.5 Å². The first-order valence-electron chi connectivity index (χ1n) is 7.84. The highest BCUT2D eigenvalue weighted by atomic mass is 16.5. The first kappa shape index (κ1) is 17.4. The normalized spacial score (nSPS) is 15.5. The number of urea groups is 1. The minimum absolute atomic E-state index is 0.0777. The molecule has 1 aliphatic rings. The first-order valence-corrected chi connectivity index (χ1v) is 7.84. The third-order valence-corrected chi connectivity index (χ3v) is 3.84. The van der Waals surface area contributed by atoms with Crippen LogP contribution in [0, 0.1) is 5.41 Å². The largest absolute Gasteiger partial charge is 0.493 e. The third-order valence-electron chi connectivity index (χ3n) is 3.84. The van der Waals surface area contributed by atoms with Crippen LogP contribution < -0.4 is 14.8 Å². The van der Waals surface area contributed by atoms with Gasteiger partial charge in [-0.25, -0.2) is 4.79 Å². The quantitative estimate of drug-likeness (QED) is 0.836. The summed E-state index contributed by atoms with van der Waals surface area (Å²) in [4.78, 5) is 13.9. The van der Waals surface area contributed by atoms with Crippen molar-refractivity contribution in [3.05, 3.63) is 23.8 Å². The molecule has 0 radical (unpaired) electrons. The molecule has 0 bridgehead atoms. The molecule has 128 valence electrons. The van der Waals surface area contributed by atoms with Gasteiger partial charge in [-0.3, -0.25) is 0 Å². The number of hydrogen-bond acceptors (Lipinski definition) is 4. The summed E-state index contributed by atoms with van der Waals surface area (Å²) in [5, 5.41) is 2.93. The molecule has 23 heavy (non-hydrogen) atoms. The van der Waals surface area contributed by atoms with E-state index < -0.39 is 0 Å². The lowest BCUT2D eigenvalue weighted by molar-refractivity contribution is -0.108. The second-order valence-corrected chi connectivity index (χ2v) is 6.24. The van der Waals surface area contributed by atoms with E-state index >= 15 is 0 Å². The third kappa shape index (κ3) is 4.51. The highest BCUT2D eigenvalue weighted by Gasteiger charge is 2.35. The number of amides is 2. The lowest BCUT2D eigenvalue weighted by atomic mass is 9.88. The van der Waals surface area contributed by atoms with Crippen molar-refractivity contribution in [2.24, 2.45) is 5.41 Å². The van der Waals surface area contributed by atoms with Gasteiger partial charge in [0.2, 0.25) is 0 Å². The summed E-state index contributed by atoms with van der Waals surface area (Å²) in [6.07, 6.45) is 0. The zero-order valence-electron chi connectivity index (χ0n) is 14.3. The molecule has 1 aliphatic heterocycles. The zero-order chi connectivity index (χ0) is 16.9. The van der Waals surface area contributed by atoms with Crippen LogP contribution in [-0.4, -0.2) is 51.5 Å². The predicted octanol–water partition coefficient (Wildman–Crippen LogP) is 2.27. The van der Waals surface area contributed by atoms with Crippen molar-refractivity contribution >= 4 is 6.03 Å².